The minimum Gasteiger partial charge on any atom is -0.497 e. The second-order valence-electron chi connectivity index (χ2n) is 8.88. The number of aromatic nitrogens is 2. The summed E-state index contributed by atoms with van der Waals surface area (Å²) in [7, 11) is 1.51. The molecule has 0 aliphatic carbocycles. The van der Waals surface area contributed by atoms with Gasteiger partial charge in [0.1, 0.15) is 22.8 Å². The molecule has 0 spiro atoms. The molecule has 2 aliphatic heterocycles. The van der Waals surface area contributed by atoms with Crippen molar-refractivity contribution in [1.29, 1.82) is 0 Å². The highest BCUT2D eigenvalue weighted by Gasteiger charge is 2.53. The molecule has 3 aromatic heterocycles. The number of benzene rings is 1. The molecule has 5 heterocycles. The van der Waals surface area contributed by atoms with Crippen LogP contribution >= 0.6 is 0 Å². The fourth-order valence-electron chi connectivity index (χ4n) is 4.63. The van der Waals surface area contributed by atoms with Gasteiger partial charge >= 0.3 is 6.03 Å². The lowest BCUT2D eigenvalue weighted by atomic mass is 9.95. The van der Waals surface area contributed by atoms with Crippen molar-refractivity contribution in [3.8, 4) is 5.75 Å². The Morgan fingerprint density at radius 2 is 2.05 bits per heavy atom. The van der Waals surface area contributed by atoms with Crippen molar-refractivity contribution in [3.05, 3.63) is 83.4 Å². The van der Waals surface area contributed by atoms with E-state index in [1.54, 1.807) is 48.7 Å². The average Bonchev–Trinajstić information content (AvgIpc) is 3.57. The number of imide groups is 1. The van der Waals surface area contributed by atoms with Crippen LogP contribution in [-0.4, -0.2) is 52.3 Å². The molecule has 6 rings (SSSR count). The molecule has 1 atom stereocenters. The van der Waals surface area contributed by atoms with Gasteiger partial charge in [0.2, 0.25) is 0 Å². The Morgan fingerprint density at radius 3 is 2.79 bits per heavy atom. The molecule has 190 valence electrons. The van der Waals surface area contributed by atoms with Crippen molar-refractivity contribution in [2.24, 2.45) is 0 Å². The maximum absolute atomic E-state index is 13.2. The summed E-state index contributed by atoms with van der Waals surface area (Å²) in [5, 5.41) is 7.58. The monoisotopic (exact) mass is 512 g/mol. The summed E-state index contributed by atoms with van der Waals surface area (Å²) in [4.78, 5) is 60.9. The quantitative estimate of drug-likeness (QED) is 0.332. The van der Waals surface area contributed by atoms with Gasteiger partial charge in [-0.25, -0.2) is 9.78 Å². The molecule has 1 fully saturated rings. The highest BCUT2D eigenvalue weighted by molar-refractivity contribution is 6.08. The number of furan rings is 1. The number of ether oxygens (including phenoxy) is 1. The molecule has 4 aromatic rings. The van der Waals surface area contributed by atoms with E-state index < -0.39 is 23.4 Å². The summed E-state index contributed by atoms with van der Waals surface area (Å²) in [5.41, 5.74) is 0.589. The van der Waals surface area contributed by atoms with Crippen LogP contribution in [-0.2, 0) is 16.9 Å². The largest absolute Gasteiger partial charge is 0.497 e. The van der Waals surface area contributed by atoms with Gasteiger partial charge in [0.25, 0.3) is 17.7 Å². The molecule has 1 aromatic carbocycles. The molecule has 0 radical (unpaired) electrons. The van der Waals surface area contributed by atoms with E-state index in [0.717, 1.165) is 5.56 Å². The van der Waals surface area contributed by atoms with Gasteiger partial charge in [-0.3, -0.25) is 24.7 Å². The Bertz CT molecular complexity index is 1630. The fourth-order valence-corrected chi connectivity index (χ4v) is 4.63. The van der Waals surface area contributed by atoms with Crippen LogP contribution in [0.1, 0.15) is 32.0 Å². The summed E-state index contributed by atoms with van der Waals surface area (Å²) in [6, 6.07) is 12.4. The van der Waals surface area contributed by atoms with Crippen molar-refractivity contribution in [3.63, 3.8) is 0 Å². The standard InChI is InChI=1S/C26H20N6O6/c1-37-16-5-4-15-12-32(23(34)17(15)9-16)13-26(24(35)30-25(36)31-26)20-10-18-19(38-20)6-7-21(28-18)29-22(33)14-3-2-8-27-11-14/h2-11H,12-13H2,1H3,(H,28,29,33)(H2,30,31,35,36)/t26-/m0/s1. The number of rotatable bonds is 6. The van der Waals surface area contributed by atoms with E-state index in [0.29, 0.717) is 28.0 Å². The van der Waals surface area contributed by atoms with Gasteiger partial charge < -0.3 is 24.7 Å². The lowest BCUT2D eigenvalue weighted by molar-refractivity contribution is -0.125. The summed E-state index contributed by atoms with van der Waals surface area (Å²) in [6.45, 7) is 0.0664. The third-order valence-electron chi connectivity index (χ3n) is 6.53. The van der Waals surface area contributed by atoms with Crippen LogP contribution < -0.4 is 20.7 Å². The molecule has 12 nitrogen and oxygen atoms in total. The van der Waals surface area contributed by atoms with Gasteiger partial charge in [0.15, 0.2) is 11.1 Å². The maximum atomic E-state index is 13.2. The molecule has 3 N–H and O–H groups in total. The summed E-state index contributed by atoms with van der Waals surface area (Å²) < 4.78 is 11.2. The van der Waals surface area contributed by atoms with E-state index in [1.165, 1.54) is 24.3 Å². The Hall–Kier alpha value is -5.26. The first-order valence-corrected chi connectivity index (χ1v) is 11.6. The normalized spacial score (nSPS) is 18.3. The van der Waals surface area contributed by atoms with Crippen LogP contribution in [0.5, 0.6) is 5.75 Å². The predicted molar refractivity (Wildman–Crippen MR) is 132 cm³/mol. The van der Waals surface area contributed by atoms with E-state index in [2.05, 4.69) is 25.9 Å². The number of amides is 5. The number of carbonyl (C=O) groups is 4. The van der Waals surface area contributed by atoms with Gasteiger partial charge in [-0.15, -0.1) is 0 Å². The van der Waals surface area contributed by atoms with Crippen LogP contribution in [0.4, 0.5) is 10.6 Å². The molecule has 12 heteroatoms. The number of hydrogen-bond donors (Lipinski definition) is 3. The third kappa shape index (κ3) is 3.79. The minimum atomic E-state index is -1.68. The van der Waals surface area contributed by atoms with Gasteiger partial charge in [-0.05, 0) is 42.0 Å². The van der Waals surface area contributed by atoms with Crippen LogP contribution in [0.25, 0.3) is 11.1 Å². The first-order chi connectivity index (χ1) is 18.4. The van der Waals surface area contributed by atoms with Crippen LogP contribution in [0.2, 0.25) is 0 Å². The van der Waals surface area contributed by atoms with Gasteiger partial charge in [-0.2, -0.15) is 0 Å². The lowest BCUT2D eigenvalue weighted by Crippen LogP contribution is -2.52. The number of nitrogens with one attached hydrogen (secondary N) is 3. The summed E-state index contributed by atoms with van der Waals surface area (Å²) in [5.74, 6) is -0.464. The topological polar surface area (TPSA) is 156 Å². The maximum Gasteiger partial charge on any atom is 0.322 e. The summed E-state index contributed by atoms with van der Waals surface area (Å²) in [6.07, 6.45) is 3.00. The molecule has 0 unspecified atom stereocenters. The number of methoxy groups -OCH3 is 1. The average molecular weight is 512 g/mol. The SMILES string of the molecule is COc1ccc2c(c1)C(=O)N(C[C@@]1(c3cc4nc(NC(=O)c5cccnc5)ccc4o3)NC(=O)NC1=O)C2. The lowest BCUT2D eigenvalue weighted by Gasteiger charge is -2.28. The smallest absolute Gasteiger partial charge is 0.322 e. The molecule has 2 aliphatic rings. The number of carbonyl (C=O) groups excluding carboxylic acids is 4. The summed E-state index contributed by atoms with van der Waals surface area (Å²) >= 11 is 0. The fraction of sp³-hybridized carbons (Fsp3) is 0.154. The van der Waals surface area contributed by atoms with Crippen molar-refractivity contribution < 1.29 is 28.3 Å². The van der Waals surface area contributed by atoms with Gasteiger partial charge in [0, 0.05) is 30.6 Å². The molecule has 5 amide bonds. The first kappa shape index (κ1) is 23.2. The van der Waals surface area contributed by atoms with Crippen LogP contribution in [0.3, 0.4) is 0 Å². The zero-order valence-electron chi connectivity index (χ0n) is 20.0. The van der Waals surface area contributed by atoms with Gasteiger partial charge in [0.05, 0.1) is 19.2 Å². The predicted octanol–water partition coefficient (Wildman–Crippen LogP) is 2.17. The number of hydrogen-bond acceptors (Lipinski definition) is 8. The zero-order chi connectivity index (χ0) is 26.4. The molecule has 0 saturated carbocycles. The number of anilines is 1. The van der Waals surface area contributed by atoms with E-state index in [9.17, 15) is 19.2 Å². The van der Waals surface area contributed by atoms with E-state index in [4.69, 9.17) is 9.15 Å². The van der Waals surface area contributed by atoms with E-state index >= 15 is 0 Å². The van der Waals surface area contributed by atoms with E-state index in [-0.39, 0.29) is 30.6 Å². The number of nitrogens with zero attached hydrogens (tertiary/aromatic N) is 3. The molecule has 38 heavy (non-hydrogen) atoms. The number of fused-ring (bicyclic) bond motifs is 2. The van der Waals surface area contributed by atoms with Crippen molar-refractivity contribution >= 4 is 40.7 Å². The zero-order valence-corrected chi connectivity index (χ0v) is 20.0. The molecule has 1 saturated heterocycles. The van der Waals surface area contributed by atoms with Crippen LogP contribution in [0.15, 0.2) is 65.3 Å². The minimum absolute atomic E-state index is 0.0976. The highest BCUT2D eigenvalue weighted by Crippen LogP contribution is 2.35. The van der Waals surface area contributed by atoms with Crippen molar-refractivity contribution in [2.45, 2.75) is 12.1 Å². The second-order valence-corrected chi connectivity index (χ2v) is 8.88. The Labute approximate surface area is 215 Å². The van der Waals surface area contributed by atoms with Crippen molar-refractivity contribution in [2.75, 3.05) is 19.0 Å². The molecular weight excluding hydrogens is 492 g/mol. The molecular formula is C26H20N6O6. The third-order valence-corrected chi connectivity index (χ3v) is 6.53. The highest BCUT2D eigenvalue weighted by atomic mass is 16.5. The Kier molecular flexibility index (Phi) is 5.30. The van der Waals surface area contributed by atoms with Crippen LogP contribution in [0, 0.1) is 0 Å². The van der Waals surface area contributed by atoms with Crippen molar-refractivity contribution in [1.82, 2.24) is 25.5 Å². The first-order valence-electron chi connectivity index (χ1n) is 11.6. The number of pyridine rings is 2. The Morgan fingerprint density at radius 1 is 1.18 bits per heavy atom. The van der Waals surface area contributed by atoms with Gasteiger partial charge in [-0.1, -0.05) is 6.07 Å². The van der Waals surface area contributed by atoms with E-state index in [1.807, 2.05) is 0 Å². The second kappa shape index (κ2) is 8.69. The molecule has 0 bridgehead atoms. The number of urea groups is 1. The Balaban J connectivity index is 1.31.